The Morgan fingerprint density at radius 1 is 1.25 bits per heavy atom. The van der Waals surface area contributed by atoms with Crippen molar-refractivity contribution in [1.29, 1.82) is 0 Å². The second kappa shape index (κ2) is 9.42. The molecule has 0 rings (SSSR count). The molecule has 0 saturated carbocycles. The first-order valence-electron chi connectivity index (χ1n) is 5.85. The van der Waals surface area contributed by atoms with Crippen LogP contribution in [0, 0.1) is 0 Å². The Bertz CT molecular complexity index is 184. The Balaban J connectivity index is 3.60. The number of methoxy groups -OCH3 is 1. The van der Waals surface area contributed by atoms with E-state index in [0.717, 1.165) is 32.8 Å². The van der Waals surface area contributed by atoms with Crippen molar-refractivity contribution in [2.75, 3.05) is 53.5 Å². The van der Waals surface area contributed by atoms with Crippen molar-refractivity contribution >= 4 is 6.03 Å². The van der Waals surface area contributed by atoms with E-state index >= 15 is 0 Å². The van der Waals surface area contributed by atoms with Gasteiger partial charge in [0.2, 0.25) is 0 Å². The van der Waals surface area contributed by atoms with Crippen LogP contribution in [-0.4, -0.2) is 69.3 Å². The molecule has 16 heavy (non-hydrogen) atoms. The second-order valence-electron chi connectivity index (χ2n) is 3.70. The smallest absolute Gasteiger partial charge is 0.317 e. The van der Waals surface area contributed by atoms with Crippen LogP contribution in [0.3, 0.4) is 0 Å². The Morgan fingerprint density at radius 3 is 2.38 bits per heavy atom. The van der Waals surface area contributed by atoms with E-state index in [1.165, 1.54) is 0 Å². The average molecular weight is 231 g/mol. The molecule has 0 aromatic heterocycles. The molecule has 0 atom stereocenters. The summed E-state index contributed by atoms with van der Waals surface area (Å²) in [5, 5.41) is 2.90. The molecule has 5 heteroatoms. The Labute approximate surface area is 98.7 Å². The van der Waals surface area contributed by atoms with Crippen LogP contribution in [0.15, 0.2) is 0 Å². The van der Waals surface area contributed by atoms with Crippen molar-refractivity contribution < 1.29 is 9.53 Å². The number of carbonyl (C=O) groups is 1. The maximum Gasteiger partial charge on any atom is 0.317 e. The predicted octanol–water partition coefficient (Wildman–Crippen LogP) is 0.616. The minimum atomic E-state index is 0.0186. The summed E-state index contributed by atoms with van der Waals surface area (Å²) in [5.41, 5.74) is 0. The number of nitrogens with zero attached hydrogens (tertiary/aromatic N) is 2. The molecule has 96 valence electrons. The van der Waals surface area contributed by atoms with Gasteiger partial charge in [0.1, 0.15) is 0 Å². The first-order chi connectivity index (χ1) is 7.65. The van der Waals surface area contributed by atoms with Gasteiger partial charge in [-0.25, -0.2) is 4.79 Å². The number of nitrogens with one attached hydrogen (secondary N) is 1. The molecule has 2 amide bonds. The van der Waals surface area contributed by atoms with Crippen molar-refractivity contribution in [3.8, 4) is 0 Å². The lowest BCUT2D eigenvalue weighted by Gasteiger charge is -2.21. The first-order valence-corrected chi connectivity index (χ1v) is 5.85. The highest BCUT2D eigenvalue weighted by molar-refractivity contribution is 5.73. The highest BCUT2D eigenvalue weighted by Crippen LogP contribution is 1.88. The van der Waals surface area contributed by atoms with Gasteiger partial charge in [-0.15, -0.1) is 0 Å². The third-order valence-electron chi connectivity index (χ3n) is 2.50. The van der Waals surface area contributed by atoms with Gasteiger partial charge in [-0.2, -0.15) is 0 Å². The van der Waals surface area contributed by atoms with Crippen LogP contribution in [-0.2, 0) is 4.74 Å². The molecule has 0 heterocycles. The first kappa shape index (κ1) is 15.2. The molecule has 0 bridgehead atoms. The summed E-state index contributed by atoms with van der Waals surface area (Å²) < 4.78 is 4.98. The number of rotatable bonds is 8. The fourth-order valence-electron chi connectivity index (χ4n) is 1.34. The summed E-state index contributed by atoms with van der Waals surface area (Å²) in [6.45, 7) is 8.59. The molecule has 0 spiro atoms. The van der Waals surface area contributed by atoms with E-state index in [2.05, 4.69) is 10.2 Å². The number of hydrogen-bond acceptors (Lipinski definition) is 3. The minimum Gasteiger partial charge on any atom is -0.383 e. The number of carbonyl (C=O) groups excluding carboxylic acids is 1. The van der Waals surface area contributed by atoms with Gasteiger partial charge in [0.15, 0.2) is 0 Å². The molecule has 0 saturated heterocycles. The lowest BCUT2D eigenvalue weighted by molar-refractivity contribution is 0.160. The molecule has 1 N–H and O–H groups in total. The van der Waals surface area contributed by atoms with Crippen LogP contribution in [0.4, 0.5) is 4.79 Å². The summed E-state index contributed by atoms with van der Waals surface area (Å²) in [6.07, 6.45) is 0. The minimum absolute atomic E-state index is 0.0186. The maximum absolute atomic E-state index is 11.6. The number of amides is 2. The topological polar surface area (TPSA) is 44.8 Å². The fourth-order valence-corrected chi connectivity index (χ4v) is 1.34. The van der Waals surface area contributed by atoms with Crippen LogP contribution in [0.1, 0.15) is 13.8 Å². The van der Waals surface area contributed by atoms with Gasteiger partial charge in [0.25, 0.3) is 0 Å². The number of ether oxygens (including phenoxy) is 1. The van der Waals surface area contributed by atoms with Gasteiger partial charge in [-0.05, 0) is 20.9 Å². The van der Waals surface area contributed by atoms with E-state index < -0.39 is 0 Å². The van der Waals surface area contributed by atoms with Gasteiger partial charge in [0, 0.05) is 39.8 Å². The second-order valence-corrected chi connectivity index (χ2v) is 3.70. The predicted molar refractivity (Wildman–Crippen MR) is 65.7 cm³/mol. The summed E-state index contributed by atoms with van der Waals surface area (Å²) >= 11 is 0. The largest absolute Gasteiger partial charge is 0.383 e. The average Bonchev–Trinajstić information content (AvgIpc) is 2.28. The van der Waals surface area contributed by atoms with Gasteiger partial charge < -0.3 is 19.9 Å². The molecular weight excluding hydrogens is 206 g/mol. The van der Waals surface area contributed by atoms with Gasteiger partial charge in [-0.1, -0.05) is 0 Å². The molecule has 0 aliphatic rings. The van der Waals surface area contributed by atoms with E-state index in [-0.39, 0.29) is 6.03 Å². The third-order valence-corrected chi connectivity index (χ3v) is 2.50. The summed E-state index contributed by atoms with van der Waals surface area (Å²) in [5.74, 6) is 0. The van der Waals surface area contributed by atoms with Gasteiger partial charge in [0.05, 0.1) is 6.61 Å². The van der Waals surface area contributed by atoms with E-state index in [1.807, 2.05) is 20.9 Å². The van der Waals surface area contributed by atoms with Crippen LogP contribution in [0.2, 0.25) is 0 Å². The van der Waals surface area contributed by atoms with E-state index in [4.69, 9.17) is 4.74 Å². The third kappa shape index (κ3) is 6.63. The SMILES string of the molecule is CCN(CC)C(=O)NCCN(C)CCOC. The van der Waals surface area contributed by atoms with Crippen LogP contribution in [0.25, 0.3) is 0 Å². The molecular formula is C11H25N3O2. The van der Waals surface area contributed by atoms with E-state index in [1.54, 1.807) is 12.0 Å². The quantitative estimate of drug-likeness (QED) is 0.666. The normalized spacial score (nSPS) is 10.6. The Hall–Kier alpha value is -0.810. The Morgan fingerprint density at radius 2 is 1.88 bits per heavy atom. The fraction of sp³-hybridized carbons (Fsp3) is 0.909. The van der Waals surface area contributed by atoms with Crippen molar-refractivity contribution in [3.63, 3.8) is 0 Å². The highest BCUT2D eigenvalue weighted by atomic mass is 16.5. The standard InChI is InChI=1S/C11H25N3O2/c1-5-14(6-2)11(15)12-7-8-13(3)9-10-16-4/h5-10H2,1-4H3,(H,12,15). The zero-order valence-corrected chi connectivity index (χ0v) is 11.0. The zero-order valence-electron chi connectivity index (χ0n) is 11.0. The van der Waals surface area contributed by atoms with Crippen molar-refractivity contribution in [1.82, 2.24) is 15.1 Å². The van der Waals surface area contributed by atoms with Crippen molar-refractivity contribution in [2.24, 2.45) is 0 Å². The monoisotopic (exact) mass is 231 g/mol. The summed E-state index contributed by atoms with van der Waals surface area (Å²) in [7, 11) is 3.71. The molecule has 0 aromatic rings. The summed E-state index contributed by atoms with van der Waals surface area (Å²) in [6, 6.07) is 0.0186. The number of urea groups is 1. The molecule has 0 radical (unpaired) electrons. The van der Waals surface area contributed by atoms with Gasteiger partial charge >= 0.3 is 6.03 Å². The molecule has 5 nitrogen and oxygen atoms in total. The van der Waals surface area contributed by atoms with Crippen LogP contribution in [0.5, 0.6) is 0 Å². The van der Waals surface area contributed by atoms with E-state index in [0.29, 0.717) is 6.54 Å². The zero-order chi connectivity index (χ0) is 12.4. The molecule has 0 fully saturated rings. The number of likely N-dealkylation sites (N-methyl/N-ethyl adjacent to an activating group) is 1. The van der Waals surface area contributed by atoms with Crippen molar-refractivity contribution in [2.45, 2.75) is 13.8 Å². The molecule has 0 aliphatic heterocycles. The molecule has 0 unspecified atom stereocenters. The Kier molecular flexibility index (Phi) is 8.94. The summed E-state index contributed by atoms with van der Waals surface area (Å²) in [4.78, 5) is 15.5. The molecule has 0 aliphatic carbocycles. The van der Waals surface area contributed by atoms with E-state index in [9.17, 15) is 4.79 Å². The van der Waals surface area contributed by atoms with Gasteiger partial charge in [-0.3, -0.25) is 0 Å². The van der Waals surface area contributed by atoms with Crippen LogP contribution < -0.4 is 5.32 Å². The van der Waals surface area contributed by atoms with Crippen LogP contribution >= 0.6 is 0 Å². The highest BCUT2D eigenvalue weighted by Gasteiger charge is 2.07. The lowest BCUT2D eigenvalue weighted by Crippen LogP contribution is -2.42. The lowest BCUT2D eigenvalue weighted by atomic mass is 10.5. The number of hydrogen-bond donors (Lipinski definition) is 1. The molecule has 0 aromatic carbocycles. The maximum atomic E-state index is 11.6. The van der Waals surface area contributed by atoms with Crippen molar-refractivity contribution in [3.05, 3.63) is 0 Å².